The minimum Gasteiger partial charge on any atom is -0.361 e. The van der Waals surface area contributed by atoms with E-state index in [0.29, 0.717) is 11.2 Å². The van der Waals surface area contributed by atoms with Crippen molar-refractivity contribution in [2.75, 3.05) is 5.32 Å². The van der Waals surface area contributed by atoms with E-state index in [4.69, 9.17) is 0 Å². The first-order valence-electron chi connectivity index (χ1n) is 8.23. The first-order chi connectivity index (χ1) is 11.7. The number of thiazole rings is 1. The quantitative estimate of drug-likeness (QED) is 0.720. The smallest absolute Gasteiger partial charge is 0.243 e. The minimum atomic E-state index is -0.177. The molecule has 0 bridgehead atoms. The zero-order chi connectivity index (χ0) is 16.5. The van der Waals surface area contributed by atoms with Crippen molar-refractivity contribution in [2.45, 2.75) is 38.4 Å². The molecule has 2 aromatic heterocycles. The lowest BCUT2D eigenvalue weighted by Gasteiger charge is -2.28. The molecular formula is C18H20N4OS. The first-order valence-corrected chi connectivity index (χ1v) is 9.11. The molecule has 0 aliphatic heterocycles. The van der Waals surface area contributed by atoms with Gasteiger partial charge in [-0.2, -0.15) is 0 Å². The average Bonchev–Trinajstić information content (AvgIpc) is 3.09. The van der Waals surface area contributed by atoms with Crippen molar-refractivity contribution in [2.24, 2.45) is 0 Å². The van der Waals surface area contributed by atoms with Crippen LogP contribution in [0.15, 0.2) is 42.0 Å². The van der Waals surface area contributed by atoms with Gasteiger partial charge < -0.3 is 10.3 Å². The topological polar surface area (TPSA) is 61.0 Å². The van der Waals surface area contributed by atoms with Gasteiger partial charge in [-0.25, -0.2) is 4.98 Å². The predicted molar refractivity (Wildman–Crippen MR) is 97.1 cm³/mol. The van der Waals surface area contributed by atoms with Gasteiger partial charge in [0.25, 0.3) is 0 Å². The van der Waals surface area contributed by atoms with E-state index in [1.54, 1.807) is 6.20 Å². The van der Waals surface area contributed by atoms with Gasteiger partial charge in [0.05, 0.1) is 6.04 Å². The molecule has 1 amide bonds. The Balaban J connectivity index is 1.49. The normalized spacial score (nSPS) is 15.8. The fraction of sp³-hybridized carbons (Fsp3) is 0.333. The summed E-state index contributed by atoms with van der Waals surface area (Å²) in [6.45, 7) is 2.77. The summed E-state index contributed by atoms with van der Waals surface area (Å²) in [6, 6.07) is 8.86. The van der Waals surface area contributed by atoms with Crippen molar-refractivity contribution in [3.63, 3.8) is 0 Å². The lowest BCUT2D eigenvalue weighted by Crippen LogP contribution is -2.42. The van der Waals surface area contributed by atoms with Crippen LogP contribution in [0, 0.1) is 0 Å². The van der Waals surface area contributed by atoms with E-state index in [1.807, 2.05) is 18.5 Å². The van der Waals surface area contributed by atoms with E-state index in [1.165, 1.54) is 35.1 Å². The van der Waals surface area contributed by atoms with Crippen LogP contribution in [0.2, 0.25) is 0 Å². The first kappa shape index (κ1) is 15.4. The Morgan fingerprint density at radius 1 is 1.46 bits per heavy atom. The van der Waals surface area contributed by atoms with E-state index in [0.717, 1.165) is 12.1 Å². The molecule has 0 spiro atoms. The molecule has 1 aromatic carbocycles. The summed E-state index contributed by atoms with van der Waals surface area (Å²) in [5.41, 5.74) is 2.38. The number of benzene rings is 1. The molecule has 4 rings (SSSR count). The van der Waals surface area contributed by atoms with Gasteiger partial charge in [-0.3, -0.25) is 9.69 Å². The van der Waals surface area contributed by atoms with Crippen molar-refractivity contribution in [1.82, 2.24) is 14.9 Å². The lowest BCUT2D eigenvalue weighted by atomic mass is 10.1. The third kappa shape index (κ3) is 3.20. The Morgan fingerprint density at radius 2 is 2.33 bits per heavy atom. The SMILES string of the molecule is CC(C(=O)Nc1nccs1)N(Cc1ccc2[nH]ccc2c1)C1CC1. The highest BCUT2D eigenvalue weighted by atomic mass is 32.1. The highest BCUT2D eigenvalue weighted by Crippen LogP contribution is 2.31. The molecule has 1 aliphatic carbocycles. The Bertz CT molecular complexity index is 838. The molecule has 6 heteroatoms. The number of fused-ring (bicyclic) bond motifs is 1. The number of aromatic nitrogens is 2. The number of hydrogen-bond acceptors (Lipinski definition) is 4. The van der Waals surface area contributed by atoms with Gasteiger partial charge in [-0.1, -0.05) is 6.07 Å². The predicted octanol–water partition coefficient (Wildman–Crippen LogP) is 3.62. The van der Waals surface area contributed by atoms with Gasteiger partial charge in [0.2, 0.25) is 5.91 Å². The van der Waals surface area contributed by atoms with Gasteiger partial charge in [0.1, 0.15) is 0 Å². The number of amides is 1. The summed E-state index contributed by atoms with van der Waals surface area (Å²) in [5.74, 6) is 0.0135. The maximum absolute atomic E-state index is 12.6. The number of hydrogen-bond donors (Lipinski definition) is 2. The Labute approximate surface area is 144 Å². The van der Waals surface area contributed by atoms with Crippen LogP contribution in [0.1, 0.15) is 25.3 Å². The number of aromatic amines is 1. The summed E-state index contributed by atoms with van der Waals surface area (Å²) in [7, 11) is 0. The number of nitrogens with one attached hydrogen (secondary N) is 2. The molecule has 1 saturated carbocycles. The van der Waals surface area contributed by atoms with Gasteiger partial charge in [0.15, 0.2) is 5.13 Å². The monoisotopic (exact) mass is 340 g/mol. The molecule has 1 unspecified atom stereocenters. The van der Waals surface area contributed by atoms with Crippen LogP contribution in [-0.2, 0) is 11.3 Å². The van der Waals surface area contributed by atoms with Crippen LogP contribution in [0.25, 0.3) is 10.9 Å². The standard InChI is InChI=1S/C18H20N4OS/c1-12(17(23)21-18-20-8-9-24-18)22(15-3-4-15)11-13-2-5-16-14(10-13)6-7-19-16/h2,5-10,12,15,19H,3-4,11H2,1H3,(H,20,21,23). The third-order valence-electron chi connectivity index (χ3n) is 4.54. The second kappa shape index (κ2) is 6.37. The summed E-state index contributed by atoms with van der Waals surface area (Å²) in [4.78, 5) is 22.2. The number of rotatable bonds is 6. The van der Waals surface area contributed by atoms with Crippen LogP contribution in [0.4, 0.5) is 5.13 Å². The van der Waals surface area contributed by atoms with E-state index in [2.05, 4.69) is 44.5 Å². The second-order valence-corrected chi connectivity index (χ2v) is 7.20. The van der Waals surface area contributed by atoms with E-state index in [9.17, 15) is 4.79 Å². The fourth-order valence-electron chi connectivity index (χ4n) is 3.05. The van der Waals surface area contributed by atoms with E-state index in [-0.39, 0.29) is 11.9 Å². The molecule has 1 aliphatic rings. The zero-order valence-electron chi connectivity index (χ0n) is 13.5. The lowest BCUT2D eigenvalue weighted by molar-refractivity contribution is -0.121. The maximum atomic E-state index is 12.6. The molecule has 5 nitrogen and oxygen atoms in total. The largest absolute Gasteiger partial charge is 0.361 e. The van der Waals surface area contributed by atoms with Gasteiger partial charge in [-0.15, -0.1) is 11.3 Å². The number of nitrogens with zero attached hydrogens (tertiary/aromatic N) is 2. The molecular weight excluding hydrogens is 320 g/mol. The molecule has 124 valence electrons. The molecule has 24 heavy (non-hydrogen) atoms. The molecule has 0 radical (unpaired) electrons. The van der Waals surface area contributed by atoms with Gasteiger partial charge in [-0.05, 0) is 48.9 Å². The second-order valence-electron chi connectivity index (χ2n) is 6.31. The number of carbonyl (C=O) groups is 1. The highest BCUT2D eigenvalue weighted by Gasteiger charge is 2.35. The van der Waals surface area contributed by atoms with Crippen molar-refractivity contribution in [3.05, 3.63) is 47.6 Å². The molecule has 1 fully saturated rings. The maximum Gasteiger partial charge on any atom is 0.243 e. The fourth-order valence-corrected chi connectivity index (χ4v) is 3.58. The molecule has 0 saturated heterocycles. The van der Waals surface area contributed by atoms with Crippen molar-refractivity contribution in [1.29, 1.82) is 0 Å². The molecule has 3 aromatic rings. The zero-order valence-corrected chi connectivity index (χ0v) is 14.3. The minimum absolute atomic E-state index is 0.0135. The molecule has 2 heterocycles. The van der Waals surface area contributed by atoms with Crippen LogP contribution in [0.3, 0.4) is 0 Å². The third-order valence-corrected chi connectivity index (χ3v) is 5.23. The average molecular weight is 340 g/mol. The summed E-state index contributed by atoms with van der Waals surface area (Å²) >= 11 is 1.45. The Kier molecular flexibility index (Phi) is 4.08. The van der Waals surface area contributed by atoms with Crippen LogP contribution in [-0.4, -0.2) is 32.9 Å². The number of carbonyl (C=O) groups excluding carboxylic acids is 1. The van der Waals surface area contributed by atoms with Gasteiger partial charge in [0, 0.05) is 35.9 Å². The number of H-pyrrole nitrogens is 1. The van der Waals surface area contributed by atoms with Crippen LogP contribution < -0.4 is 5.32 Å². The van der Waals surface area contributed by atoms with Crippen molar-refractivity contribution in [3.8, 4) is 0 Å². The van der Waals surface area contributed by atoms with Crippen LogP contribution in [0.5, 0.6) is 0 Å². The van der Waals surface area contributed by atoms with Crippen molar-refractivity contribution < 1.29 is 4.79 Å². The number of anilines is 1. The van der Waals surface area contributed by atoms with Gasteiger partial charge >= 0.3 is 0 Å². The summed E-state index contributed by atoms with van der Waals surface area (Å²) in [6.07, 6.45) is 6.00. The molecule has 2 N–H and O–H groups in total. The Hall–Kier alpha value is -2.18. The molecule has 1 atom stereocenters. The van der Waals surface area contributed by atoms with Crippen LogP contribution >= 0.6 is 11.3 Å². The Morgan fingerprint density at radius 3 is 3.08 bits per heavy atom. The summed E-state index contributed by atoms with van der Waals surface area (Å²) < 4.78 is 0. The van der Waals surface area contributed by atoms with Crippen molar-refractivity contribution >= 4 is 33.3 Å². The summed E-state index contributed by atoms with van der Waals surface area (Å²) in [5, 5.41) is 6.66. The van der Waals surface area contributed by atoms with E-state index < -0.39 is 0 Å². The van der Waals surface area contributed by atoms with E-state index >= 15 is 0 Å². The highest BCUT2D eigenvalue weighted by molar-refractivity contribution is 7.13.